The van der Waals surface area contributed by atoms with Gasteiger partial charge in [-0.2, -0.15) is 0 Å². The number of nitrogen functional groups attached to an aromatic ring is 1. The fourth-order valence-corrected chi connectivity index (χ4v) is 1.38. The van der Waals surface area contributed by atoms with Gasteiger partial charge in [-0.15, -0.1) is 0 Å². The van der Waals surface area contributed by atoms with Crippen molar-refractivity contribution in [2.24, 2.45) is 0 Å². The third-order valence-electron chi connectivity index (χ3n) is 2.14. The Morgan fingerprint density at radius 3 is 2.76 bits per heavy atom. The largest absolute Gasteiger partial charge is 0.397 e. The minimum Gasteiger partial charge on any atom is -0.397 e. The van der Waals surface area contributed by atoms with E-state index in [9.17, 15) is 4.79 Å². The molecule has 0 bridgehead atoms. The summed E-state index contributed by atoms with van der Waals surface area (Å²) in [6.07, 6.45) is 0. The van der Waals surface area contributed by atoms with E-state index in [1.165, 1.54) is 4.90 Å². The maximum absolute atomic E-state index is 11.2. The number of hydrogen-bond acceptors (Lipinski definition) is 3. The van der Waals surface area contributed by atoms with E-state index in [4.69, 9.17) is 17.3 Å². The van der Waals surface area contributed by atoms with Crippen molar-refractivity contribution < 1.29 is 4.79 Å². The lowest BCUT2D eigenvalue weighted by molar-refractivity contribution is 0.218. The van der Waals surface area contributed by atoms with Gasteiger partial charge in [0.1, 0.15) is 0 Å². The van der Waals surface area contributed by atoms with Crippen LogP contribution in [-0.4, -0.2) is 38.1 Å². The molecule has 0 aromatic heterocycles. The van der Waals surface area contributed by atoms with Crippen LogP contribution in [-0.2, 0) is 0 Å². The van der Waals surface area contributed by atoms with Crippen LogP contribution in [0.25, 0.3) is 0 Å². The van der Waals surface area contributed by atoms with Crippen LogP contribution in [0, 0.1) is 0 Å². The summed E-state index contributed by atoms with van der Waals surface area (Å²) in [5.41, 5.74) is 7.17. The molecule has 0 heterocycles. The van der Waals surface area contributed by atoms with E-state index in [0.717, 1.165) is 5.69 Å². The molecule has 0 unspecified atom stereocenters. The highest BCUT2D eigenvalue weighted by atomic mass is 35.5. The Bertz CT molecular complexity index is 395. The molecule has 5 nitrogen and oxygen atoms in total. The summed E-state index contributed by atoms with van der Waals surface area (Å²) in [6.45, 7) is 1.10. The summed E-state index contributed by atoms with van der Waals surface area (Å²) in [4.78, 5) is 12.7. The highest BCUT2D eigenvalue weighted by Gasteiger charge is 2.02. The van der Waals surface area contributed by atoms with E-state index in [1.807, 2.05) is 0 Å². The topological polar surface area (TPSA) is 70.4 Å². The van der Waals surface area contributed by atoms with E-state index in [1.54, 1.807) is 32.3 Å². The normalized spacial score (nSPS) is 9.82. The van der Waals surface area contributed by atoms with Crippen LogP contribution in [0.5, 0.6) is 0 Å². The lowest BCUT2D eigenvalue weighted by Gasteiger charge is -2.13. The van der Waals surface area contributed by atoms with Gasteiger partial charge in [-0.25, -0.2) is 4.79 Å². The van der Waals surface area contributed by atoms with Gasteiger partial charge >= 0.3 is 6.03 Å². The van der Waals surface area contributed by atoms with E-state index < -0.39 is 0 Å². The summed E-state index contributed by atoms with van der Waals surface area (Å²) in [7, 11) is 3.38. The van der Waals surface area contributed by atoms with Crippen LogP contribution >= 0.6 is 11.6 Å². The fraction of sp³-hybridized carbons (Fsp3) is 0.364. The number of urea groups is 1. The summed E-state index contributed by atoms with van der Waals surface area (Å²) < 4.78 is 0. The maximum atomic E-state index is 11.2. The highest BCUT2D eigenvalue weighted by Crippen LogP contribution is 2.22. The molecule has 17 heavy (non-hydrogen) atoms. The first-order chi connectivity index (χ1) is 8.00. The standard InChI is InChI=1S/C11H17ClN4O/c1-16(2)11(17)15-6-5-14-10-7-8(12)3-4-9(10)13/h3-4,7,14H,5-6,13H2,1-2H3,(H,15,17). The second-order valence-electron chi connectivity index (χ2n) is 3.78. The van der Waals surface area contributed by atoms with Crippen molar-refractivity contribution in [1.29, 1.82) is 0 Å². The lowest BCUT2D eigenvalue weighted by atomic mass is 10.2. The average Bonchev–Trinajstić information content (AvgIpc) is 2.28. The van der Waals surface area contributed by atoms with Crippen LogP contribution in [0.3, 0.4) is 0 Å². The van der Waals surface area contributed by atoms with Crippen molar-refractivity contribution in [3.63, 3.8) is 0 Å². The van der Waals surface area contributed by atoms with E-state index in [0.29, 0.717) is 23.8 Å². The van der Waals surface area contributed by atoms with Gasteiger partial charge in [0.25, 0.3) is 0 Å². The second-order valence-corrected chi connectivity index (χ2v) is 4.22. The Morgan fingerprint density at radius 2 is 2.12 bits per heavy atom. The number of benzene rings is 1. The highest BCUT2D eigenvalue weighted by molar-refractivity contribution is 6.31. The van der Waals surface area contributed by atoms with Crippen molar-refractivity contribution in [2.75, 3.05) is 38.2 Å². The molecule has 0 fully saturated rings. The van der Waals surface area contributed by atoms with Crippen molar-refractivity contribution in [2.45, 2.75) is 0 Å². The Hall–Kier alpha value is -1.62. The Kier molecular flexibility index (Phi) is 4.90. The van der Waals surface area contributed by atoms with Crippen molar-refractivity contribution in [3.8, 4) is 0 Å². The first kappa shape index (κ1) is 13.4. The number of hydrogen-bond donors (Lipinski definition) is 3. The number of carbonyl (C=O) groups is 1. The molecule has 0 saturated carbocycles. The van der Waals surface area contributed by atoms with Gasteiger partial charge in [0.05, 0.1) is 11.4 Å². The van der Waals surface area contributed by atoms with Crippen molar-refractivity contribution in [1.82, 2.24) is 10.2 Å². The van der Waals surface area contributed by atoms with Crippen LogP contribution in [0.2, 0.25) is 5.02 Å². The second kappa shape index (κ2) is 6.20. The number of carbonyl (C=O) groups excluding carboxylic acids is 1. The number of rotatable bonds is 4. The van der Waals surface area contributed by atoms with E-state index in [-0.39, 0.29) is 6.03 Å². The molecule has 1 aromatic carbocycles. The molecule has 2 amide bonds. The number of anilines is 2. The van der Waals surface area contributed by atoms with Crippen molar-refractivity contribution >= 4 is 29.0 Å². The number of nitrogens with zero attached hydrogens (tertiary/aromatic N) is 1. The van der Waals surface area contributed by atoms with Gasteiger partial charge in [0, 0.05) is 32.2 Å². The molecule has 0 atom stereocenters. The molecular weight excluding hydrogens is 240 g/mol. The smallest absolute Gasteiger partial charge is 0.316 e. The quantitative estimate of drug-likeness (QED) is 0.566. The SMILES string of the molecule is CN(C)C(=O)NCCNc1cc(Cl)ccc1N. The van der Waals surface area contributed by atoms with Crippen LogP contribution in [0.1, 0.15) is 0 Å². The van der Waals surface area contributed by atoms with Crippen LogP contribution in [0.4, 0.5) is 16.2 Å². The molecule has 4 N–H and O–H groups in total. The van der Waals surface area contributed by atoms with Gasteiger partial charge in [-0.1, -0.05) is 11.6 Å². The summed E-state index contributed by atoms with van der Waals surface area (Å²) in [5, 5.41) is 6.47. The third-order valence-corrected chi connectivity index (χ3v) is 2.37. The zero-order valence-electron chi connectivity index (χ0n) is 9.96. The van der Waals surface area contributed by atoms with E-state index in [2.05, 4.69) is 10.6 Å². The van der Waals surface area contributed by atoms with Crippen LogP contribution < -0.4 is 16.4 Å². The number of amides is 2. The van der Waals surface area contributed by atoms with Gasteiger partial charge in [-0.05, 0) is 18.2 Å². The first-order valence-electron chi connectivity index (χ1n) is 5.24. The van der Waals surface area contributed by atoms with Gasteiger partial charge in [-0.3, -0.25) is 0 Å². The first-order valence-corrected chi connectivity index (χ1v) is 5.62. The molecule has 94 valence electrons. The molecular formula is C11H17ClN4O. The molecule has 0 aliphatic rings. The molecule has 0 aliphatic heterocycles. The minimum atomic E-state index is -0.120. The molecule has 0 spiro atoms. The van der Waals surface area contributed by atoms with Gasteiger partial charge in [0.2, 0.25) is 0 Å². The minimum absolute atomic E-state index is 0.120. The van der Waals surface area contributed by atoms with Gasteiger partial charge < -0.3 is 21.3 Å². The molecule has 6 heteroatoms. The fourth-order valence-electron chi connectivity index (χ4n) is 1.21. The maximum Gasteiger partial charge on any atom is 0.316 e. The van der Waals surface area contributed by atoms with Crippen LogP contribution in [0.15, 0.2) is 18.2 Å². The summed E-state index contributed by atoms with van der Waals surface area (Å²) in [5.74, 6) is 0. The lowest BCUT2D eigenvalue weighted by Crippen LogP contribution is -2.37. The van der Waals surface area contributed by atoms with Crippen molar-refractivity contribution in [3.05, 3.63) is 23.2 Å². The number of nitrogens with two attached hydrogens (primary N) is 1. The molecule has 0 saturated heterocycles. The predicted molar refractivity (Wildman–Crippen MR) is 71.4 cm³/mol. The summed E-state index contributed by atoms with van der Waals surface area (Å²) >= 11 is 5.85. The third kappa shape index (κ3) is 4.40. The van der Waals surface area contributed by atoms with Gasteiger partial charge in [0.15, 0.2) is 0 Å². The predicted octanol–water partition coefficient (Wildman–Crippen LogP) is 1.61. The Morgan fingerprint density at radius 1 is 1.41 bits per heavy atom. The zero-order chi connectivity index (χ0) is 12.8. The van der Waals surface area contributed by atoms with E-state index >= 15 is 0 Å². The summed E-state index contributed by atoms with van der Waals surface area (Å²) in [6, 6.07) is 5.11. The number of nitrogens with one attached hydrogen (secondary N) is 2. The molecule has 0 aliphatic carbocycles. The molecule has 0 radical (unpaired) electrons. The Labute approximate surface area is 106 Å². The molecule has 1 aromatic rings. The molecule has 1 rings (SSSR count). The monoisotopic (exact) mass is 256 g/mol. The zero-order valence-corrected chi connectivity index (χ0v) is 10.7. The Balaban J connectivity index is 2.36. The average molecular weight is 257 g/mol. The number of halogens is 1.